The van der Waals surface area contributed by atoms with Gasteiger partial charge in [-0.05, 0) is 31.5 Å². The molecule has 0 aliphatic heterocycles. The number of benzene rings is 1. The molecule has 0 bridgehead atoms. The molecule has 0 aliphatic carbocycles. The van der Waals surface area contributed by atoms with Crippen LogP contribution in [-0.4, -0.2) is 26.4 Å². The molecule has 0 fully saturated rings. The van der Waals surface area contributed by atoms with Gasteiger partial charge in [-0.1, -0.05) is 12.1 Å². The van der Waals surface area contributed by atoms with E-state index in [0.29, 0.717) is 13.2 Å². The van der Waals surface area contributed by atoms with Crippen LogP contribution in [0.25, 0.3) is 11.0 Å². The highest BCUT2D eigenvalue weighted by Gasteiger charge is 2.09. The zero-order valence-electron chi connectivity index (χ0n) is 11.6. The number of nitrogens with zero attached hydrogens (tertiary/aromatic N) is 4. The Bertz CT molecular complexity index is 736. The average Bonchev–Trinajstić information content (AvgIpc) is 2.77. The van der Waals surface area contributed by atoms with Crippen molar-refractivity contribution in [2.45, 2.75) is 20.4 Å². The summed E-state index contributed by atoms with van der Waals surface area (Å²) >= 11 is 0. The van der Waals surface area contributed by atoms with E-state index in [-0.39, 0.29) is 0 Å². The highest BCUT2D eigenvalue weighted by molar-refractivity contribution is 5.76. The maximum atomic E-state index is 5.52. The largest absolute Gasteiger partial charge is 0.494 e. The first kappa shape index (κ1) is 12.6. The highest BCUT2D eigenvalue weighted by Crippen LogP contribution is 2.18. The lowest BCUT2D eigenvalue weighted by atomic mass is 10.2. The molecule has 1 aromatic carbocycles. The molecule has 0 N–H and O–H groups in total. The van der Waals surface area contributed by atoms with E-state index in [1.165, 1.54) is 0 Å². The predicted molar refractivity (Wildman–Crippen MR) is 76.8 cm³/mol. The van der Waals surface area contributed by atoms with Crippen LogP contribution < -0.4 is 4.74 Å². The predicted octanol–water partition coefficient (Wildman–Crippen LogP) is 2.58. The Morgan fingerprint density at radius 2 is 2.20 bits per heavy atom. The Labute approximate surface area is 117 Å². The standard InChI is InChI=1S/C15H16N4O/c1-3-20-13-6-4-5-12(7-13)9-19-15-14(11(2)18-19)8-16-10-17-15/h4-8,10H,3,9H2,1-2H3. The van der Waals surface area contributed by atoms with Crippen molar-refractivity contribution in [3.8, 4) is 5.75 Å². The van der Waals surface area contributed by atoms with Crippen molar-refractivity contribution < 1.29 is 4.74 Å². The van der Waals surface area contributed by atoms with E-state index in [1.807, 2.05) is 36.7 Å². The van der Waals surface area contributed by atoms with Crippen molar-refractivity contribution in [3.05, 3.63) is 48.0 Å². The van der Waals surface area contributed by atoms with E-state index in [1.54, 1.807) is 12.5 Å². The molecular weight excluding hydrogens is 252 g/mol. The molecule has 102 valence electrons. The van der Waals surface area contributed by atoms with Crippen molar-refractivity contribution in [1.29, 1.82) is 0 Å². The molecular formula is C15H16N4O. The summed E-state index contributed by atoms with van der Waals surface area (Å²) in [5.41, 5.74) is 2.94. The van der Waals surface area contributed by atoms with E-state index in [0.717, 1.165) is 28.0 Å². The molecule has 3 aromatic rings. The summed E-state index contributed by atoms with van der Waals surface area (Å²) in [5, 5.41) is 5.53. The SMILES string of the molecule is CCOc1cccc(Cn2nc(C)c3cncnc32)c1. The Kier molecular flexibility index (Phi) is 3.33. The second kappa shape index (κ2) is 5.28. The summed E-state index contributed by atoms with van der Waals surface area (Å²) in [6, 6.07) is 8.05. The van der Waals surface area contributed by atoms with Gasteiger partial charge in [0.2, 0.25) is 0 Å². The zero-order chi connectivity index (χ0) is 13.9. The number of rotatable bonds is 4. The van der Waals surface area contributed by atoms with Gasteiger partial charge in [0, 0.05) is 6.20 Å². The third-order valence-corrected chi connectivity index (χ3v) is 3.14. The van der Waals surface area contributed by atoms with Gasteiger partial charge in [0.05, 0.1) is 24.2 Å². The van der Waals surface area contributed by atoms with Crippen LogP contribution in [0.4, 0.5) is 0 Å². The van der Waals surface area contributed by atoms with Crippen LogP contribution in [0.3, 0.4) is 0 Å². The molecule has 0 amide bonds. The number of ether oxygens (including phenoxy) is 1. The summed E-state index contributed by atoms with van der Waals surface area (Å²) in [4.78, 5) is 8.36. The molecule has 0 radical (unpaired) electrons. The van der Waals surface area contributed by atoms with Crippen LogP contribution in [0, 0.1) is 6.92 Å². The fourth-order valence-corrected chi connectivity index (χ4v) is 2.25. The van der Waals surface area contributed by atoms with Crippen molar-refractivity contribution >= 4 is 11.0 Å². The van der Waals surface area contributed by atoms with Gasteiger partial charge in [-0.2, -0.15) is 5.10 Å². The molecule has 5 heteroatoms. The summed E-state index contributed by atoms with van der Waals surface area (Å²) < 4.78 is 7.42. The normalized spacial score (nSPS) is 10.9. The average molecular weight is 268 g/mol. The highest BCUT2D eigenvalue weighted by atomic mass is 16.5. The second-order valence-corrected chi connectivity index (χ2v) is 4.58. The van der Waals surface area contributed by atoms with E-state index in [2.05, 4.69) is 21.1 Å². The first-order valence-electron chi connectivity index (χ1n) is 6.63. The smallest absolute Gasteiger partial charge is 0.161 e. The molecule has 0 unspecified atom stereocenters. The number of fused-ring (bicyclic) bond motifs is 1. The van der Waals surface area contributed by atoms with Crippen LogP contribution in [0.2, 0.25) is 0 Å². The lowest BCUT2D eigenvalue weighted by Gasteiger charge is -2.06. The minimum absolute atomic E-state index is 0.667. The van der Waals surface area contributed by atoms with Crippen LogP contribution in [0.5, 0.6) is 5.75 Å². The van der Waals surface area contributed by atoms with Crippen molar-refractivity contribution in [2.24, 2.45) is 0 Å². The lowest BCUT2D eigenvalue weighted by Crippen LogP contribution is -2.03. The third kappa shape index (κ3) is 2.34. The molecule has 0 atom stereocenters. The first-order valence-corrected chi connectivity index (χ1v) is 6.63. The van der Waals surface area contributed by atoms with Gasteiger partial charge in [-0.15, -0.1) is 0 Å². The van der Waals surface area contributed by atoms with E-state index >= 15 is 0 Å². The molecule has 5 nitrogen and oxygen atoms in total. The Balaban J connectivity index is 1.95. The first-order chi connectivity index (χ1) is 9.78. The van der Waals surface area contributed by atoms with E-state index < -0.39 is 0 Å². The van der Waals surface area contributed by atoms with Crippen LogP contribution >= 0.6 is 0 Å². The third-order valence-electron chi connectivity index (χ3n) is 3.14. The van der Waals surface area contributed by atoms with Gasteiger partial charge in [0.25, 0.3) is 0 Å². The van der Waals surface area contributed by atoms with Crippen LogP contribution in [0.15, 0.2) is 36.8 Å². The topological polar surface area (TPSA) is 52.8 Å². The van der Waals surface area contributed by atoms with Gasteiger partial charge in [0.15, 0.2) is 5.65 Å². The molecule has 0 saturated carbocycles. The fourth-order valence-electron chi connectivity index (χ4n) is 2.25. The molecule has 20 heavy (non-hydrogen) atoms. The van der Waals surface area contributed by atoms with Crippen molar-refractivity contribution in [3.63, 3.8) is 0 Å². The zero-order valence-corrected chi connectivity index (χ0v) is 11.6. The minimum Gasteiger partial charge on any atom is -0.494 e. The van der Waals surface area contributed by atoms with Gasteiger partial charge in [-0.3, -0.25) is 0 Å². The maximum absolute atomic E-state index is 5.52. The van der Waals surface area contributed by atoms with Crippen LogP contribution in [-0.2, 0) is 6.54 Å². The number of hydrogen-bond acceptors (Lipinski definition) is 4. The number of hydrogen-bond donors (Lipinski definition) is 0. The lowest BCUT2D eigenvalue weighted by molar-refractivity contribution is 0.340. The maximum Gasteiger partial charge on any atom is 0.161 e. The van der Waals surface area contributed by atoms with E-state index in [4.69, 9.17) is 4.74 Å². The van der Waals surface area contributed by atoms with E-state index in [9.17, 15) is 0 Å². The summed E-state index contributed by atoms with van der Waals surface area (Å²) in [7, 11) is 0. The van der Waals surface area contributed by atoms with Gasteiger partial charge < -0.3 is 4.74 Å². The molecule has 2 heterocycles. The number of aryl methyl sites for hydroxylation is 1. The number of aromatic nitrogens is 4. The summed E-state index contributed by atoms with van der Waals surface area (Å²) in [6.45, 7) is 5.29. The molecule has 0 saturated heterocycles. The summed E-state index contributed by atoms with van der Waals surface area (Å²) in [6.07, 6.45) is 3.36. The van der Waals surface area contributed by atoms with Crippen LogP contribution in [0.1, 0.15) is 18.2 Å². The fraction of sp³-hybridized carbons (Fsp3) is 0.267. The van der Waals surface area contributed by atoms with Gasteiger partial charge in [0.1, 0.15) is 12.1 Å². The molecule has 0 aliphatic rings. The monoisotopic (exact) mass is 268 g/mol. The molecule has 2 aromatic heterocycles. The quantitative estimate of drug-likeness (QED) is 0.729. The minimum atomic E-state index is 0.667. The molecule has 3 rings (SSSR count). The molecule has 0 spiro atoms. The second-order valence-electron chi connectivity index (χ2n) is 4.58. The van der Waals surface area contributed by atoms with Gasteiger partial charge in [-0.25, -0.2) is 14.6 Å². The Morgan fingerprint density at radius 1 is 1.30 bits per heavy atom. The van der Waals surface area contributed by atoms with Crippen molar-refractivity contribution in [1.82, 2.24) is 19.7 Å². The summed E-state index contributed by atoms with van der Waals surface area (Å²) in [5.74, 6) is 0.882. The Hall–Kier alpha value is -2.43. The Morgan fingerprint density at radius 3 is 3.05 bits per heavy atom. The van der Waals surface area contributed by atoms with Gasteiger partial charge >= 0.3 is 0 Å². The van der Waals surface area contributed by atoms with Crippen molar-refractivity contribution in [2.75, 3.05) is 6.61 Å².